The Hall–Kier alpha value is -3.41. The molecule has 0 aliphatic heterocycles. The normalized spacial score (nSPS) is 10.4. The molecule has 0 fully saturated rings. The summed E-state index contributed by atoms with van der Waals surface area (Å²) in [5, 5.41) is 2.86. The van der Waals surface area contributed by atoms with Gasteiger partial charge in [0.05, 0.1) is 19.5 Å². The van der Waals surface area contributed by atoms with Crippen molar-refractivity contribution < 1.29 is 9.53 Å². The predicted molar refractivity (Wildman–Crippen MR) is 109 cm³/mol. The fraction of sp³-hybridized carbons (Fsp3) is 0.227. The van der Waals surface area contributed by atoms with E-state index >= 15 is 0 Å². The molecule has 0 bridgehead atoms. The van der Waals surface area contributed by atoms with Crippen LogP contribution >= 0.6 is 0 Å². The molecule has 144 valence electrons. The zero-order valence-electron chi connectivity index (χ0n) is 16.1. The van der Waals surface area contributed by atoms with Crippen LogP contribution in [-0.2, 0) is 13.1 Å². The molecule has 0 saturated carbocycles. The van der Waals surface area contributed by atoms with Crippen molar-refractivity contribution >= 4 is 11.7 Å². The number of carbonyl (C=O) groups is 1. The monoisotopic (exact) mass is 376 g/mol. The van der Waals surface area contributed by atoms with Crippen LogP contribution in [0.25, 0.3) is 0 Å². The number of carbonyl (C=O) groups excluding carboxylic acids is 1. The molecule has 3 aromatic rings. The van der Waals surface area contributed by atoms with Crippen molar-refractivity contribution in [2.75, 3.05) is 18.6 Å². The van der Waals surface area contributed by atoms with Gasteiger partial charge in [0.1, 0.15) is 17.3 Å². The summed E-state index contributed by atoms with van der Waals surface area (Å²) in [6.45, 7) is 4.03. The molecule has 0 spiro atoms. The Kier molecular flexibility index (Phi) is 6.57. The molecule has 0 radical (unpaired) electrons. The van der Waals surface area contributed by atoms with Gasteiger partial charge in [-0.15, -0.1) is 0 Å². The van der Waals surface area contributed by atoms with Gasteiger partial charge < -0.3 is 15.0 Å². The maximum atomic E-state index is 12.3. The minimum absolute atomic E-state index is 0.249. The van der Waals surface area contributed by atoms with Crippen molar-refractivity contribution in [2.24, 2.45) is 0 Å². The summed E-state index contributed by atoms with van der Waals surface area (Å²) < 4.78 is 5.13. The zero-order chi connectivity index (χ0) is 19.8. The van der Waals surface area contributed by atoms with Crippen molar-refractivity contribution in [1.82, 2.24) is 15.3 Å². The van der Waals surface area contributed by atoms with E-state index in [2.05, 4.69) is 39.2 Å². The zero-order valence-corrected chi connectivity index (χ0v) is 16.1. The third-order valence-electron chi connectivity index (χ3n) is 4.40. The molecule has 28 heavy (non-hydrogen) atoms. The van der Waals surface area contributed by atoms with Crippen LogP contribution in [0.3, 0.4) is 0 Å². The molecule has 0 saturated heterocycles. The Bertz CT molecular complexity index is 881. The van der Waals surface area contributed by atoms with E-state index in [0.717, 1.165) is 30.2 Å². The number of hydrogen-bond acceptors (Lipinski definition) is 5. The number of hydrogen-bond donors (Lipinski definition) is 1. The SMILES string of the molecule is CCN(Cc1ccccc1)c1cnc(C(=O)NCc2ccc(OC)cc2)cn1. The number of methoxy groups -OCH3 is 1. The van der Waals surface area contributed by atoms with Crippen LogP contribution < -0.4 is 15.0 Å². The lowest BCUT2D eigenvalue weighted by Crippen LogP contribution is -2.26. The molecule has 6 heteroatoms. The quantitative estimate of drug-likeness (QED) is 0.652. The first-order valence-electron chi connectivity index (χ1n) is 9.21. The third-order valence-corrected chi connectivity index (χ3v) is 4.40. The second kappa shape index (κ2) is 9.50. The van der Waals surface area contributed by atoms with Gasteiger partial charge in [-0.2, -0.15) is 0 Å². The summed E-state index contributed by atoms with van der Waals surface area (Å²) in [7, 11) is 1.62. The summed E-state index contributed by atoms with van der Waals surface area (Å²) in [5.41, 5.74) is 2.49. The van der Waals surface area contributed by atoms with Gasteiger partial charge >= 0.3 is 0 Å². The lowest BCUT2D eigenvalue weighted by Gasteiger charge is -2.21. The molecule has 1 heterocycles. The average molecular weight is 376 g/mol. The van der Waals surface area contributed by atoms with Gasteiger partial charge in [-0.05, 0) is 30.2 Å². The van der Waals surface area contributed by atoms with E-state index in [1.165, 1.54) is 11.8 Å². The second-order valence-corrected chi connectivity index (χ2v) is 6.29. The summed E-state index contributed by atoms with van der Waals surface area (Å²) in [6.07, 6.45) is 3.17. The van der Waals surface area contributed by atoms with Gasteiger partial charge in [-0.3, -0.25) is 4.79 Å². The summed E-state index contributed by atoms with van der Waals surface area (Å²) in [4.78, 5) is 23.2. The Morgan fingerprint density at radius 3 is 2.36 bits per heavy atom. The minimum atomic E-state index is -0.249. The van der Waals surface area contributed by atoms with Gasteiger partial charge in [-0.1, -0.05) is 42.5 Å². The van der Waals surface area contributed by atoms with Gasteiger partial charge in [-0.25, -0.2) is 9.97 Å². The first kappa shape index (κ1) is 19.4. The van der Waals surface area contributed by atoms with E-state index in [4.69, 9.17) is 4.74 Å². The molecule has 0 aliphatic rings. The van der Waals surface area contributed by atoms with Gasteiger partial charge in [0.2, 0.25) is 0 Å². The van der Waals surface area contributed by atoms with E-state index < -0.39 is 0 Å². The largest absolute Gasteiger partial charge is 0.497 e. The van der Waals surface area contributed by atoms with E-state index in [1.807, 2.05) is 42.5 Å². The number of aromatic nitrogens is 2. The highest BCUT2D eigenvalue weighted by Crippen LogP contribution is 2.14. The van der Waals surface area contributed by atoms with Gasteiger partial charge in [0.15, 0.2) is 0 Å². The molecule has 2 aromatic carbocycles. The minimum Gasteiger partial charge on any atom is -0.497 e. The number of amides is 1. The molecule has 1 aromatic heterocycles. The number of anilines is 1. The van der Waals surface area contributed by atoms with Crippen molar-refractivity contribution in [2.45, 2.75) is 20.0 Å². The number of nitrogens with zero attached hydrogens (tertiary/aromatic N) is 3. The highest BCUT2D eigenvalue weighted by Gasteiger charge is 2.11. The fourth-order valence-electron chi connectivity index (χ4n) is 2.78. The van der Waals surface area contributed by atoms with Crippen molar-refractivity contribution in [3.8, 4) is 5.75 Å². The van der Waals surface area contributed by atoms with Crippen molar-refractivity contribution in [3.63, 3.8) is 0 Å². The topological polar surface area (TPSA) is 67.4 Å². The molecular weight excluding hydrogens is 352 g/mol. The van der Waals surface area contributed by atoms with Crippen LogP contribution in [0.1, 0.15) is 28.5 Å². The number of rotatable bonds is 8. The molecule has 1 N–H and O–H groups in total. The highest BCUT2D eigenvalue weighted by molar-refractivity contribution is 5.91. The summed E-state index contributed by atoms with van der Waals surface area (Å²) in [6, 6.07) is 17.8. The van der Waals surface area contributed by atoms with Gasteiger partial charge in [0, 0.05) is 19.6 Å². The molecule has 0 aliphatic carbocycles. The standard InChI is InChI=1S/C22H24N4O2/c1-3-26(16-18-7-5-4-6-8-18)21-15-23-20(14-24-21)22(27)25-13-17-9-11-19(28-2)12-10-17/h4-12,14-15H,3,13,16H2,1-2H3,(H,25,27). The Labute approximate surface area is 165 Å². The lowest BCUT2D eigenvalue weighted by atomic mass is 10.2. The lowest BCUT2D eigenvalue weighted by molar-refractivity contribution is 0.0945. The van der Waals surface area contributed by atoms with Crippen LogP contribution in [0.15, 0.2) is 67.0 Å². The number of ether oxygens (including phenoxy) is 1. The fourth-order valence-corrected chi connectivity index (χ4v) is 2.78. The van der Waals surface area contributed by atoms with E-state index in [0.29, 0.717) is 12.2 Å². The number of nitrogens with one attached hydrogen (secondary N) is 1. The first-order chi connectivity index (χ1) is 13.7. The molecular formula is C22H24N4O2. The summed E-state index contributed by atoms with van der Waals surface area (Å²) >= 11 is 0. The van der Waals surface area contributed by atoms with Crippen LogP contribution in [0.2, 0.25) is 0 Å². The molecule has 0 atom stereocenters. The Morgan fingerprint density at radius 2 is 1.75 bits per heavy atom. The van der Waals surface area contributed by atoms with E-state index in [9.17, 15) is 4.79 Å². The highest BCUT2D eigenvalue weighted by atomic mass is 16.5. The van der Waals surface area contributed by atoms with E-state index in [-0.39, 0.29) is 5.91 Å². The van der Waals surface area contributed by atoms with E-state index in [1.54, 1.807) is 13.3 Å². The Morgan fingerprint density at radius 1 is 1.00 bits per heavy atom. The maximum absolute atomic E-state index is 12.3. The van der Waals surface area contributed by atoms with Crippen molar-refractivity contribution in [3.05, 3.63) is 83.8 Å². The van der Waals surface area contributed by atoms with Gasteiger partial charge in [0.25, 0.3) is 5.91 Å². The third kappa shape index (κ3) is 5.07. The number of benzene rings is 2. The van der Waals surface area contributed by atoms with Crippen molar-refractivity contribution in [1.29, 1.82) is 0 Å². The average Bonchev–Trinajstić information content (AvgIpc) is 2.77. The maximum Gasteiger partial charge on any atom is 0.271 e. The molecule has 0 unspecified atom stereocenters. The van der Waals surface area contributed by atoms with Crippen LogP contribution in [0.4, 0.5) is 5.82 Å². The van der Waals surface area contributed by atoms with Crippen LogP contribution in [-0.4, -0.2) is 29.5 Å². The molecule has 6 nitrogen and oxygen atoms in total. The molecule has 1 amide bonds. The summed E-state index contributed by atoms with van der Waals surface area (Å²) in [5.74, 6) is 1.28. The smallest absolute Gasteiger partial charge is 0.271 e. The first-order valence-corrected chi connectivity index (χ1v) is 9.21. The van der Waals surface area contributed by atoms with Crippen LogP contribution in [0.5, 0.6) is 5.75 Å². The second-order valence-electron chi connectivity index (χ2n) is 6.29. The molecule has 3 rings (SSSR count). The predicted octanol–water partition coefficient (Wildman–Crippen LogP) is 3.44. The van der Waals surface area contributed by atoms with Crippen LogP contribution in [0, 0.1) is 0 Å². The Balaban J connectivity index is 1.59.